The first kappa shape index (κ1) is 23.6. The van der Waals surface area contributed by atoms with Crippen molar-refractivity contribution in [2.24, 2.45) is 7.05 Å². The van der Waals surface area contributed by atoms with Crippen molar-refractivity contribution in [1.29, 1.82) is 0 Å². The number of carbonyl (C=O) groups is 1. The lowest BCUT2D eigenvalue weighted by Gasteiger charge is -2.17. The predicted molar refractivity (Wildman–Crippen MR) is 114 cm³/mol. The highest BCUT2D eigenvalue weighted by atomic mass is 32.2. The minimum Gasteiger partial charge on any atom is -0.448 e. The number of aromatic nitrogens is 3. The predicted octanol–water partition coefficient (Wildman–Crippen LogP) is 3.47. The van der Waals surface area contributed by atoms with E-state index in [0.717, 1.165) is 0 Å². The van der Waals surface area contributed by atoms with Gasteiger partial charge in [0.15, 0.2) is 6.10 Å². The molecule has 1 unspecified atom stereocenters. The molecule has 0 N–H and O–H groups in total. The Morgan fingerprint density at radius 1 is 1.28 bits per heavy atom. The van der Waals surface area contributed by atoms with Crippen LogP contribution in [0, 0.1) is 12.7 Å². The normalized spacial score (nSPS) is 12.8. The maximum absolute atomic E-state index is 13.8. The molecule has 2 heterocycles. The first-order chi connectivity index (χ1) is 15.1. The molecule has 0 amide bonds. The van der Waals surface area contributed by atoms with Crippen LogP contribution >= 0.6 is 0 Å². The second-order valence-corrected chi connectivity index (χ2v) is 9.17. The maximum Gasteiger partial charge on any atom is 0.355 e. The average Bonchev–Trinajstić information content (AvgIpc) is 3.38. The molecule has 0 aliphatic carbocycles. The molecule has 0 bridgehead atoms. The Balaban J connectivity index is 1.77. The summed E-state index contributed by atoms with van der Waals surface area (Å²) >= 11 is 0. The van der Waals surface area contributed by atoms with Gasteiger partial charge in [0, 0.05) is 31.9 Å². The molecular formula is C21H25FN4O5S. The molecule has 0 aliphatic rings. The number of ether oxygens (including phenoxy) is 1. The molecule has 0 aliphatic heterocycles. The van der Waals surface area contributed by atoms with Gasteiger partial charge in [-0.25, -0.2) is 17.6 Å². The second kappa shape index (κ2) is 9.21. The van der Waals surface area contributed by atoms with Crippen molar-refractivity contribution in [2.45, 2.75) is 38.7 Å². The Morgan fingerprint density at radius 3 is 2.59 bits per heavy atom. The van der Waals surface area contributed by atoms with Gasteiger partial charge in [0.25, 0.3) is 5.89 Å². The number of rotatable bonds is 8. The van der Waals surface area contributed by atoms with E-state index in [1.165, 1.54) is 27.2 Å². The van der Waals surface area contributed by atoms with Crippen molar-refractivity contribution in [3.63, 3.8) is 0 Å². The maximum atomic E-state index is 13.8. The van der Waals surface area contributed by atoms with Gasteiger partial charge in [-0.3, -0.25) is 0 Å². The molecule has 0 saturated carbocycles. The number of nitrogens with zero attached hydrogens (tertiary/aromatic N) is 4. The Kier molecular flexibility index (Phi) is 6.79. The Bertz CT molecular complexity index is 1230. The minimum atomic E-state index is -3.72. The fourth-order valence-electron chi connectivity index (χ4n) is 3.11. The zero-order valence-electron chi connectivity index (χ0n) is 18.5. The van der Waals surface area contributed by atoms with E-state index in [9.17, 15) is 17.6 Å². The minimum absolute atomic E-state index is 0.00442. The molecule has 3 rings (SSSR count). The van der Waals surface area contributed by atoms with E-state index in [1.54, 1.807) is 46.9 Å². The SMILES string of the molecule is CCN(CC)S(=O)(=O)c1cc(C(=O)OC(C)c2nc(-c3ccc(C)c(F)c3)no2)n(C)c1. The standard InChI is InChI=1S/C21H25FN4O5S/c1-6-26(7-2)32(28,29)16-11-18(25(5)12-16)21(27)30-14(4)20-23-19(24-31-20)15-9-8-13(3)17(22)10-15/h8-12,14H,6-7H2,1-5H3. The molecule has 1 aromatic carbocycles. The number of esters is 1. The molecule has 32 heavy (non-hydrogen) atoms. The summed E-state index contributed by atoms with van der Waals surface area (Å²) in [4.78, 5) is 16.9. The summed E-state index contributed by atoms with van der Waals surface area (Å²) < 4.78 is 52.5. The molecule has 0 radical (unpaired) electrons. The lowest BCUT2D eigenvalue weighted by Crippen LogP contribution is -2.30. The van der Waals surface area contributed by atoms with Gasteiger partial charge in [0.1, 0.15) is 16.4 Å². The number of benzene rings is 1. The number of aryl methyl sites for hydroxylation is 2. The average molecular weight is 465 g/mol. The van der Waals surface area contributed by atoms with Gasteiger partial charge in [-0.2, -0.15) is 9.29 Å². The molecule has 2 aromatic heterocycles. The monoisotopic (exact) mass is 464 g/mol. The number of carbonyl (C=O) groups excluding carboxylic acids is 1. The lowest BCUT2D eigenvalue weighted by atomic mass is 10.1. The van der Waals surface area contributed by atoms with Crippen LogP contribution in [0.2, 0.25) is 0 Å². The van der Waals surface area contributed by atoms with Crippen molar-refractivity contribution in [2.75, 3.05) is 13.1 Å². The molecular weight excluding hydrogens is 439 g/mol. The summed E-state index contributed by atoms with van der Waals surface area (Å²) in [6.07, 6.45) is 0.461. The zero-order valence-corrected chi connectivity index (χ0v) is 19.3. The smallest absolute Gasteiger partial charge is 0.355 e. The molecule has 9 nitrogen and oxygen atoms in total. The lowest BCUT2D eigenvalue weighted by molar-refractivity contribution is 0.0254. The fourth-order valence-corrected chi connectivity index (χ4v) is 4.64. The molecule has 3 aromatic rings. The van der Waals surface area contributed by atoms with Gasteiger partial charge in [-0.05, 0) is 31.5 Å². The number of sulfonamides is 1. The van der Waals surface area contributed by atoms with Crippen LogP contribution in [0.15, 0.2) is 39.9 Å². The van der Waals surface area contributed by atoms with E-state index in [0.29, 0.717) is 24.2 Å². The van der Waals surface area contributed by atoms with E-state index in [4.69, 9.17) is 9.26 Å². The van der Waals surface area contributed by atoms with Crippen molar-refractivity contribution >= 4 is 16.0 Å². The van der Waals surface area contributed by atoms with Gasteiger partial charge in [-0.15, -0.1) is 0 Å². The third-order valence-corrected chi connectivity index (χ3v) is 7.05. The largest absolute Gasteiger partial charge is 0.448 e. The van der Waals surface area contributed by atoms with Crippen LogP contribution in [0.5, 0.6) is 0 Å². The van der Waals surface area contributed by atoms with Crippen LogP contribution in [0.1, 0.15) is 48.8 Å². The molecule has 0 saturated heterocycles. The van der Waals surface area contributed by atoms with E-state index in [1.807, 2.05) is 0 Å². The summed E-state index contributed by atoms with van der Waals surface area (Å²) in [6.45, 7) is 7.30. The van der Waals surface area contributed by atoms with Crippen LogP contribution in [-0.2, 0) is 21.8 Å². The van der Waals surface area contributed by atoms with Crippen LogP contribution in [0.4, 0.5) is 4.39 Å². The van der Waals surface area contributed by atoms with Crippen molar-refractivity contribution in [3.8, 4) is 11.4 Å². The highest BCUT2D eigenvalue weighted by Crippen LogP contribution is 2.24. The molecule has 172 valence electrons. The van der Waals surface area contributed by atoms with Crippen molar-refractivity contribution in [1.82, 2.24) is 19.0 Å². The summed E-state index contributed by atoms with van der Waals surface area (Å²) in [5, 5.41) is 3.82. The highest BCUT2D eigenvalue weighted by molar-refractivity contribution is 7.89. The van der Waals surface area contributed by atoms with E-state index < -0.39 is 27.9 Å². The quantitative estimate of drug-likeness (QED) is 0.470. The Morgan fingerprint density at radius 2 is 1.97 bits per heavy atom. The topological polar surface area (TPSA) is 108 Å². The van der Waals surface area contributed by atoms with Gasteiger partial charge in [0.2, 0.25) is 15.8 Å². The summed E-state index contributed by atoms with van der Waals surface area (Å²) in [5.41, 5.74) is 0.975. The molecule has 0 spiro atoms. The first-order valence-corrected chi connectivity index (χ1v) is 11.5. The highest BCUT2D eigenvalue weighted by Gasteiger charge is 2.27. The van der Waals surface area contributed by atoms with Crippen molar-refractivity contribution < 1.29 is 26.9 Å². The number of hydrogen-bond acceptors (Lipinski definition) is 7. The van der Waals surface area contributed by atoms with Crippen LogP contribution in [-0.4, -0.2) is 46.5 Å². The summed E-state index contributed by atoms with van der Waals surface area (Å²) in [5.74, 6) is -0.956. The van der Waals surface area contributed by atoms with Gasteiger partial charge in [0.05, 0.1) is 0 Å². The zero-order chi connectivity index (χ0) is 23.6. The van der Waals surface area contributed by atoms with E-state index >= 15 is 0 Å². The Labute approximate surface area is 185 Å². The van der Waals surface area contributed by atoms with E-state index in [2.05, 4.69) is 10.1 Å². The van der Waals surface area contributed by atoms with Gasteiger partial charge < -0.3 is 13.8 Å². The van der Waals surface area contributed by atoms with Gasteiger partial charge >= 0.3 is 5.97 Å². The Hall–Kier alpha value is -3.05. The second-order valence-electron chi connectivity index (χ2n) is 7.23. The molecule has 11 heteroatoms. The van der Waals surface area contributed by atoms with Crippen LogP contribution in [0.3, 0.4) is 0 Å². The third kappa shape index (κ3) is 4.58. The summed E-state index contributed by atoms with van der Waals surface area (Å²) in [6, 6.07) is 5.83. The summed E-state index contributed by atoms with van der Waals surface area (Å²) in [7, 11) is -2.16. The number of hydrogen-bond donors (Lipinski definition) is 0. The third-order valence-electron chi connectivity index (χ3n) is 5.04. The van der Waals surface area contributed by atoms with Gasteiger partial charge in [-0.1, -0.05) is 31.1 Å². The first-order valence-electron chi connectivity index (χ1n) is 10.1. The molecule has 1 atom stereocenters. The van der Waals surface area contributed by atoms with Crippen molar-refractivity contribution in [3.05, 3.63) is 53.4 Å². The number of halogens is 1. The van der Waals surface area contributed by atoms with Crippen LogP contribution < -0.4 is 0 Å². The van der Waals surface area contributed by atoms with E-state index in [-0.39, 0.29) is 22.3 Å². The molecule has 0 fully saturated rings. The fraction of sp³-hybridized carbons (Fsp3) is 0.381. The van der Waals surface area contributed by atoms with Crippen LogP contribution in [0.25, 0.3) is 11.4 Å².